The molecule has 0 heterocycles. The number of methoxy groups -OCH3 is 1. The maximum Gasteiger partial charge on any atom is 0.573 e. The van der Waals surface area contributed by atoms with Crippen molar-refractivity contribution < 1.29 is 22.6 Å². The van der Waals surface area contributed by atoms with Gasteiger partial charge in [-0.3, -0.25) is 0 Å². The highest BCUT2D eigenvalue weighted by atomic mass is 19.4. The van der Waals surface area contributed by atoms with Gasteiger partial charge in [-0.1, -0.05) is 20.4 Å². The molecule has 0 saturated heterocycles. The molecule has 0 aromatic rings. The van der Waals surface area contributed by atoms with Gasteiger partial charge in [0.05, 0.1) is 6.61 Å². The summed E-state index contributed by atoms with van der Waals surface area (Å²) >= 11 is 0. The van der Waals surface area contributed by atoms with Gasteiger partial charge in [-0.05, 0) is 18.6 Å². The number of hydrogen-bond acceptors (Lipinski definition) is 2. The summed E-state index contributed by atoms with van der Waals surface area (Å²) in [4.78, 5) is 0. The summed E-state index contributed by atoms with van der Waals surface area (Å²) in [7, 11) is 1.39. The van der Waals surface area contributed by atoms with E-state index in [4.69, 9.17) is 0 Å². The lowest BCUT2D eigenvalue weighted by Gasteiger charge is -2.12. The first-order valence-corrected chi connectivity index (χ1v) is 4.47. The molecule has 0 spiro atoms. The molecule has 2 nitrogen and oxygen atoms in total. The van der Waals surface area contributed by atoms with Gasteiger partial charge in [0.1, 0.15) is 5.76 Å². The fourth-order valence-corrected chi connectivity index (χ4v) is 0.715. The van der Waals surface area contributed by atoms with Crippen LogP contribution in [0.4, 0.5) is 13.2 Å². The maximum atomic E-state index is 11.7. The molecule has 0 saturated carbocycles. The second kappa shape index (κ2) is 8.35. The molecular formula is C10H17F3O2. The second-order valence-corrected chi connectivity index (χ2v) is 2.33. The molecular weight excluding hydrogens is 209 g/mol. The Morgan fingerprint density at radius 2 is 1.80 bits per heavy atom. The molecule has 0 rings (SSSR count). The number of halogens is 3. The van der Waals surface area contributed by atoms with Crippen LogP contribution < -0.4 is 0 Å². The van der Waals surface area contributed by atoms with Crippen LogP contribution in [0.2, 0.25) is 0 Å². The van der Waals surface area contributed by atoms with Gasteiger partial charge in [0.15, 0.2) is 0 Å². The zero-order valence-electron chi connectivity index (χ0n) is 9.44. The Morgan fingerprint density at radius 1 is 1.33 bits per heavy atom. The predicted octanol–water partition coefficient (Wildman–Crippen LogP) is 3.66. The maximum absolute atomic E-state index is 11.7. The molecule has 0 aromatic carbocycles. The smallest absolute Gasteiger partial charge is 0.406 e. The van der Waals surface area contributed by atoms with Crippen molar-refractivity contribution >= 4 is 0 Å². The highest BCUT2D eigenvalue weighted by Crippen LogP contribution is 2.22. The topological polar surface area (TPSA) is 18.5 Å². The summed E-state index contributed by atoms with van der Waals surface area (Å²) < 4.78 is 43.6. The summed E-state index contributed by atoms with van der Waals surface area (Å²) in [6, 6.07) is 0. The lowest BCUT2D eigenvalue weighted by Crippen LogP contribution is -2.13. The molecule has 0 bridgehead atoms. The quantitative estimate of drug-likeness (QED) is 0.538. The highest BCUT2D eigenvalue weighted by Gasteiger charge is 2.31. The molecule has 0 aliphatic carbocycles. The van der Waals surface area contributed by atoms with E-state index in [1.165, 1.54) is 14.0 Å². The minimum atomic E-state index is -4.68. The van der Waals surface area contributed by atoms with Gasteiger partial charge in [0, 0.05) is 7.11 Å². The number of hydrogen-bond donors (Lipinski definition) is 0. The molecule has 0 aromatic heterocycles. The minimum absolute atomic E-state index is 0.0808. The van der Waals surface area contributed by atoms with E-state index in [0.29, 0.717) is 5.57 Å². The fourth-order valence-electron chi connectivity index (χ4n) is 0.715. The zero-order chi connectivity index (χ0) is 12.5. The van der Waals surface area contributed by atoms with E-state index in [1.54, 1.807) is 0 Å². The first kappa shape index (κ1) is 16.5. The summed E-state index contributed by atoms with van der Waals surface area (Å²) in [5, 5.41) is 0. The number of rotatable bonds is 4. The van der Waals surface area contributed by atoms with E-state index in [1.807, 2.05) is 13.8 Å². The summed E-state index contributed by atoms with van der Waals surface area (Å²) in [5.41, 5.74) is 0.342. The molecule has 0 unspecified atom stereocenters. The average Bonchev–Trinajstić information content (AvgIpc) is 2.16. The van der Waals surface area contributed by atoms with E-state index in [9.17, 15) is 13.2 Å². The minimum Gasteiger partial charge on any atom is -0.406 e. The van der Waals surface area contributed by atoms with Crippen molar-refractivity contribution in [2.75, 3.05) is 13.7 Å². The first-order valence-electron chi connectivity index (χ1n) is 4.47. The molecule has 0 atom stereocenters. The van der Waals surface area contributed by atoms with Crippen molar-refractivity contribution in [3.63, 3.8) is 0 Å². The Hall–Kier alpha value is -0.970. The normalized spacial score (nSPS) is 12.2. The predicted molar refractivity (Wildman–Crippen MR) is 53.3 cm³/mol. The van der Waals surface area contributed by atoms with Crippen molar-refractivity contribution in [3.8, 4) is 0 Å². The van der Waals surface area contributed by atoms with Crippen LogP contribution in [-0.4, -0.2) is 20.1 Å². The van der Waals surface area contributed by atoms with E-state index in [2.05, 4.69) is 16.1 Å². The van der Waals surface area contributed by atoms with Crippen LogP contribution in [0.15, 0.2) is 24.0 Å². The molecule has 5 heteroatoms. The lowest BCUT2D eigenvalue weighted by atomic mass is 10.2. The van der Waals surface area contributed by atoms with Gasteiger partial charge in [-0.2, -0.15) is 0 Å². The van der Waals surface area contributed by atoms with Gasteiger partial charge >= 0.3 is 6.36 Å². The average molecular weight is 226 g/mol. The Kier molecular flexibility index (Phi) is 9.16. The lowest BCUT2D eigenvalue weighted by molar-refractivity contribution is -0.303. The highest BCUT2D eigenvalue weighted by molar-refractivity contribution is 5.17. The van der Waals surface area contributed by atoms with Gasteiger partial charge < -0.3 is 9.47 Å². The van der Waals surface area contributed by atoms with Crippen molar-refractivity contribution in [2.24, 2.45) is 0 Å². The third-order valence-corrected chi connectivity index (χ3v) is 1.19. The van der Waals surface area contributed by atoms with E-state index in [0.717, 1.165) is 6.08 Å². The Morgan fingerprint density at radius 3 is 2.07 bits per heavy atom. The van der Waals surface area contributed by atoms with Crippen LogP contribution >= 0.6 is 0 Å². The molecule has 0 fully saturated rings. The summed E-state index contributed by atoms with van der Waals surface area (Å²) in [5.74, 6) is -0.311. The molecule has 90 valence electrons. The largest absolute Gasteiger partial charge is 0.573 e. The van der Waals surface area contributed by atoms with Gasteiger partial charge in [0.2, 0.25) is 0 Å². The van der Waals surface area contributed by atoms with Crippen LogP contribution in [0.25, 0.3) is 0 Å². The second-order valence-electron chi connectivity index (χ2n) is 2.33. The van der Waals surface area contributed by atoms with Crippen LogP contribution in [0.1, 0.15) is 20.8 Å². The van der Waals surface area contributed by atoms with Crippen molar-refractivity contribution in [1.82, 2.24) is 0 Å². The SMILES string of the molecule is C=C/C(OC(F)(F)F)=C(\C)COC.CC. The summed E-state index contributed by atoms with van der Waals surface area (Å²) in [6.45, 7) is 8.77. The molecule has 0 aliphatic heterocycles. The standard InChI is InChI=1S/C8H11F3O2.C2H6/c1-4-7(6(2)5-12-3)13-8(9,10)11;1-2/h4H,1,5H2,2-3H3;1-2H3/b7-6-;. The van der Waals surface area contributed by atoms with E-state index >= 15 is 0 Å². The molecule has 0 aliphatic rings. The van der Waals surface area contributed by atoms with E-state index in [-0.39, 0.29) is 12.4 Å². The van der Waals surface area contributed by atoms with Gasteiger partial charge in [-0.25, -0.2) is 0 Å². The molecule has 15 heavy (non-hydrogen) atoms. The zero-order valence-corrected chi connectivity index (χ0v) is 9.44. The summed E-state index contributed by atoms with van der Waals surface area (Å²) in [6.07, 6.45) is -3.68. The fraction of sp³-hybridized carbons (Fsp3) is 0.600. The van der Waals surface area contributed by atoms with Crippen LogP contribution in [0, 0.1) is 0 Å². The number of alkyl halides is 3. The Bertz CT molecular complexity index is 207. The Labute approximate surface area is 88.4 Å². The monoisotopic (exact) mass is 226 g/mol. The number of allylic oxidation sites excluding steroid dienone is 1. The Balaban J connectivity index is 0. The first-order chi connectivity index (χ1) is 6.90. The number of ether oxygens (including phenoxy) is 2. The van der Waals surface area contributed by atoms with Crippen LogP contribution in [-0.2, 0) is 9.47 Å². The molecule has 0 N–H and O–H groups in total. The molecule has 0 amide bonds. The van der Waals surface area contributed by atoms with Crippen LogP contribution in [0.5, 0.6) is 0 Å². The molecule has 0 radical (unpaired) electrons. The van der Waals surface area contributed by atoms with E-state index < -0.39 is 6.36 Å². The van der Waals surface area contributed by atoms with Gasteiger partial charge in [-0.15, -0.1) is 13.2 Å². The third-order valence-electron chi connectivity index (χ3n) is 1.19. The third kappa shape index (κ3) is 9.34. The van der Waals surface area contributed by atoms with Crippen LogP contribution in [0.3, 0.4) is 0 Å². The van der Waals surface area contributed by atoms with Gasteiger partial charge in [0.25, 0.3) is 0 Å². The van der Waals surface area contributed by atoms with Crippen molar-refractivity contribution in [3.05, 3.63) is 24.0 Å². The van der Waals surface area contributed by atoms with Crippen molar-refractivity contribution in [1.29, 1.82) is 0 Å². The van der Waals surface area contributed by atoms with Crippen molar-refractivity contribution in [2.45, 2.75) is 27.1 Å².